The van der Waals surface area contributed by atoms with Gasteiger partial charge in [0.1, 0.15) is 11.7 Å². The van der Waals surface area contributed by atoms with E-state index in [2.05, 4.69) is 0 Å². The minimum atomic E-state index is -3.13. The molecular weight excluding hydrogens is 334 g/mol. The molecule has 1 unspecified atom stereocenters. The number of carboxylic acids is 1. The normalized spacial score (nSPS) is 19.6. The van der Waals surface area contributed by atoms with Crippen LogP contribution in [0.15, 0.2) is 30.3 Å². The zero-order valence-electron chi connectivity index (χ0n) is 13.4. The molecule has 1 aromatic rings. The number of benzene rings is 1. The Balaban J connectivity index is 3.52. The van der Waals surface area contributed by atoms with E-state index in [1.807, 2.05) is 0 Å². The highest BCUT2D eigenvalue weighted by Crippen LogP contribution is 2.33. The SMILES string of the molecule is C[C@H](O)[C@@H](O)[C@](O)(Cc1ccccc1)[C@](O)(C=O)C(NC=O)C(=O)O. The van der Waals surface area contributed by atoms with Gasteiger partial charge in [0.25, 0.3) is 0 Å². The fraction of sp³-hybridized carbons (Fsp3) is 0.438. The van der Waals surface area contributed by atoms with Gasteiger partial charge in [0, 0.05) is 6.42 Å². The minimum absolute atomic E-state index is 0.0645. The number of carbonyl (C=O) groups excluding carboxylic acids is 2. The number of aldehydes is 1. The molecule has 9 heteroatoms. The number of aliphatic hydroxyl groups is 4. The van der Waals surface area contributed by atoms with Crippen LogP contribution in [0.3, 0.4) is 0 Å². The second-order valence-corrected chi connectivity index (χ2v) is 5.77. The third-order valence-electron chi connectivity index (χ3n) is 4.06. The summed E-state index contributed by atoms with van der Waals surface area (Å²) in [7, 11) is 0. The van der Waals surface area contributed by atoms with E-state index in [-0.39, 0.29) is 12.7 Å². The summed E-state index contributed by atoms with van der Waals surface area (Å²) in [5, 5.41) is 52.5. The standard InChI is InChI=1S/C16H21NO8/c1-10(20)13(21)15(24,7-11-5-3-2-4-6-11)16(25,8-18)12(14(22)23)17-9-19/h2-6,8-10,12-13,20-21,24-25H,7H2,1H3,(H,17,19)(H,22,23)/t10-,12?,13+,15+,16-/m0/s1. The molecule has 1 aromatic carbocycles. The zero-order chi connectivity index (χ0) is 19.3. The van der Waals surface area contributed by atoms with Crippen molar-refractivity contribution in [2.45, 2.75) is 42.8 Å². The smallest absolute Gasteiger partial charge is 0.329 e. The van der Waals surface area contributed by atoms with Gasteiger partial charge in [-0.05, 0) is 12.5 Å². The Labute approximate surface area is 143 Å². The molecule has 6 N–H and O–H groups in total. The molecule has 0 radical (unpaired) electrons. The first-order valence-electron chi connectivity index (χ1n) is 7.37. The van der Waals surface area contributed by atoms with Gasteiger partial charge in [-0.1, -0.05) is 30.3 Å². The van der Waals surface area contributed by atoms with Crippen LogP contribution in [0, 0.1) is 0 Å². The molecule has 1 rings (SSSR count). The van der Waals surface area contributed by atoms with Gasteiger partial charge in [0.15, 0.2) is 17.9 Å². The molecule has 9 nitrogen and oxygen atoms in total. The van der Waals surface area contributed by atoms with E-state index < -0.39 is 41.8 Å². The number of carboxylic acid groups (broad SMARTS) is 1. The fourth-order valence-corrected chi connectivity index (χ4v) is 2.66. The van der Waals surface area contributed by atoms with Crippen molar-refractivity contribution in [2.75, 3.05) is 0 Å². The van der Waals surface area contributed by atoms with E-state index in [0.717, 1.165) is 6.92 Å². The van der Waals surface area contributed by atoms with Gasteiger partial charge >= 0.3 is 5.97 Å². The number of hydrogen-bond acceptors (Lipinski definition) is 7. The lowest BCUT2D eigenvalue weighted by molar-refractivity contribution is -0.222. The number of aliphatic carboxylic acids is 1. The molecule has 5 atom stereocenters. The van der Waals surface area contributed by atoms with Gasteiger partial charge in [-0.25, -0.2) is 4.79 Å². The van der Waals surface area contributed by atoms with Crippen molar-refractivity contribution < 1.29 is 39.9 Å². The predicted molar refractivity (Wildman–Crippen MR) is 84.4 cm³/mol. The van der Waals surface area contributed by atoms with E-state index in [0.29, 0.717) is 5.56 Å². The van der Waals surface area contributed by atoms with Crippen LogP contribution < -0.4 is 5.32 Å². The zero-order valence-corrected chi connectivity index (χ0v) is 13.4. The highest BCUT2D eigenvalue weighted by atomic mass is 16.4. The minimum Gasteiger partial charge on any atom is -0.480 e. The Hall–Kier alpha value is -2.33. The first-order valence-corrected chi connectivity index (χ1v) is 7.37. The second-order valence-electron chi connectivity index (χ2n) is 5.77. The Bertz CT molecular complexity index is 607. The van der Waals surface area contributed by atoms with Gasteiger partial charge in [-0.3, -0.25) is 9.59 Å². The maximum Gasteiger partial charge on any atom is 0.329 e. The van der Waals surface area contributed by atoms with E-state index in [9.17, 15) is 39.9 Å². The molecule has 0 aromatic heterocycles. The summed E-state index contributed by atoms with van der Waals surface area (Å²) < 4.78 is 0. The lowest BCUT2D eigenvalue weighted by Gasteiger charge is -2.46. The summed E-state index contributed by atoms with van der Waals surface area (Å²) in [5.41, 5.74) is -5.60. The molecular formula is C16H21NO8. The summed E-state index contributed by atoms with van der Waals surface area (Å²) in [6.07, 6.45) is -4.62. The summed E-state index contributed by atoms with van der Waals surface area (Å²) in [6.45, 7) is 1.09. The molecule has 0 saturated heterocycles. The maximum atomic E-state index is 11.6. The van der Waals surface area contributed by atoms with E-state index in [4.69, 9.17) is 0 Å². The average Bonchev–Trinajstić information content (AvgIpc) is 2.58. The Morgan fingerprint density at radius 3 is 2.16 bits per heavy atom. The number of nitrogens with one attached hydrogen (secondary N) is 1. The van der Waals surface area contributed by atoms with Crippen LogP contribution in [0.1, 0.15) is 12.5 Å². The lowest BCUT2D eigenvalue weighted by atomic mass is 9.70. The number of hydrogen-bond donors (Lipinski definition) is 6. The Kier molecular flexibility index (Phi) is 6.77. The largest absolute Gasteiger partial charge is 0.480 e. The van der Waals surface area contributed by atoms with Gasteiger partial charge in [-0.15, -0.1) is 0 Å². The monoisotopic (exact) mass is 355 g/mol. The molecule has 0 saturated carbocycles. The number of carbonyl (C=O) groups is 3. The van der Waals surface area contributed by atoms with Crippen molar-refractivity contribution in [1.82, 2.24) is 5.32 Å². The quantitative estimate of drug-likeness (QED) is 0.258. The molecule has 0 fully saturated rings. The van der Waals surface area contributed by atoms with Gasteiger partial charge < -0.3 is 30.8 Å². The second kappa shape index (κ2) is 8.17. The molecule has 138 valence electrons. The van der Waals surface area contributed by atoms with Crippen molar-refractivity contribution in [3.8, 4) is 0 Å². The third-order valence-corrected chi connectivity index (χ3v) is 4.06. The van der Waals surface area contributed by atoms with Crippen LogP contribution in [0.2, 0.25) is 0 Å². The molecule has 0 heterocycles. The van der Waals surface area contributed by atoms with Gasteiger partial charge in [0.2, 0.25) is 6.41 Å². The summed E-state index contributed by atoms with van der Waals surface area (Å²) in [6, 6.07) is 5.59. The highest BCUT2D eigenvalue weighted by molar-refractivity contribution is 5.85. The first-order chi connectivity index (χ1) is 11.6. The first kappa shape index (κ1) is 20.7. The van der Waals surface area contributed by atoms with E-state index >= 15 is 0 Å². The van der Waals surface area contributed by atoms with Crippen LogP contribution in [0.4, 0.5) is 0 Å². The molecule has 1 amide bonds. The van der Waals surface area contributed by atoms with Crippen molar-refractivity contribution in [3.05, 3.63) is 35.9 Å². The van der Waals surface area contributed by atoms with Crippen LogP contribution in [0.25, 0.3) is 0 Å². The fourth-order valence-electron chi connectivity index (χ4n) is 2.66. The molecule has 0 bridgehead atoms. The number of amides is 1. The van der Waals surface area contributed by atoms with Crippen LogP contribution in [-0.2, 0) is 20.8 Å². The summed E-state index contributed by atoms with van der Waals surface area (Å²) in [5.74, 6) is -1.81. The van der Waals surface area contributed by atoms with Gasteiger partial charge in [-0.2, -0.15) is 0 Å². The van der Waals surface area contributed by atoms with Crippen molar-refractivity contribution in [2.24, 2.45) is 0 Å². The Morgan fingerprint density at radius 2 is 1.76 bits per heavy atom. The highest BCUT2D eigenvalue weighted by Gasteiger charge is 2.61. The van der Waals surface area contributed by atoms with E-state index in [1.165, 1.54) is 12.1 Å². The number of rotatable bonds is 10. The molecule has 0 aliphatic rings. The Morgan fingerprint density at radius 1 is 1.20 bits per heavy atom. The molecule has 0 spiro atoms. The third kappa shape index (κ3) is 4.02. The van der Waals surface area contributed by atoms with Crippen molar-refractivity contribution >= 4 is 18.7 Å². The topological polar surface area (TPSA) is 164 Å². The number of aliphatic hydroxyl groups excluding tert-OH is 2. The summed E-state index contributed by atoms with van der Waals surface area (Å²) >= 11 is 0. The maximum absolute atomic E-state index is 11.6. The predicted octanol–water partition coefficient (Wildman–Crippen LogP) is -2.17. The van der Waals surface area contributed by atoms with Crippen molar-refractivity contribution in [1.29, 1.82) is 0 Å². The average molecular weight is 355 g/mol. The van der Waals surface area contributed by atoms with Crippen molar-refractivity contribution in [3.63, 3.8) is 0 Å². The van der Waals surface area contributed by atoms with Crippen LogP contribution >= 0.6 is 0 Å². The van der Waals surface area contributed by atoms with Crippen LogP contribution in [0.5, 0.6) is 0 Å². The van der Waals surface area contributed by atoms with E-state index in [1.54, 1.807) is 23.5 Å². The molecule has 0 aliphatic heterocycles. The molecule has 0 aliphatic carbocycles. The molecule has 25 heavy (non-hydrogen) atoms. The van der Waals surface area contributed by atoms with Gasteiger partial charge in [0.05, 0.1) is 6.10 Å². The van der Waals surface area contributed by atoms with Crippen LogP contribution in [-0.4, -0.2) is 73.7 Å². The summed E-state index contributed by atoms with van der Waals surface area (Å²) in [4.78, 5) is 33.7. The lowest BCUT2D eigenvalue weighted by Crippen LogP contribution is -2.74.